The lowest BCUT2D eigenvalue weighted by Crippen LogP contribution is -2.35. The maximum atomic E-state index is 6.01. The van der Waals surface area contributed by atoms with Gasteiger partial charge < -0.3 is 14.6 Å². The first-order chi connectivity index (χ1) is 9.44. The fourth-order valence-corrected chi connectivity index (χ4v) is 1.76. The van der Waals surface area contributed by atoms with Crippen molar-refractivity contribution in [1.29, 1.82) is 0 Å². The summed E-state index contributed by atoms with van der Waals surface area (Å²) in [6, 6.07) is 9.23. The normalized spacial score (nSPS) is 11.6. The largest absolute Gasteiger partial charge is 0.484 e. The molecule has 0 radical (unpaired) electrons. The zero-order valence-electron chi connectivity index (χ0n) is 11.9. The van der Waals surface area contributed by atoms with Crippen LogP contribution < -0.4 is 10.1 Å². The van der Waals surface area contributed by atoms with Gasteiger partial charge in [0.15, 0.2) is 5.76 Å². The van der Waals surface area contributed by atoms with Crippen LogP contribution in [0.3, 0.4) is 0 Å². The van der Waals surface area contributed by atoms with Gasteiger partial charge in [0, 0.05) is 18.2 Å². The minimum absolute atomic E-state index is 0.0488. The van der Waals surface area contributed by atoms with Crippen molar-refractivity contribution in [2.45, 2.75) is 39.5 Å². The van der Waals surface area contributed by atoms with Crippen LogP contribution in [-0.4, -0.2) is 10.7 Å². The Hall–Kier alpha value is -1.52. The number of ether oxygens (including phenoxy) is 1. The van der Waals surface area contributed by atoms with Crippen molar-refractivity contribution in [3.8, 4) is 5.75 Å². The number of aromatic nitrogens is 1. The molecule has 0 aliphatic carbocycles. The third kappa shape index (κ3) is 4.54. The number of rotatable bonds is 5. The fraction of sp³-hybridized carbons (Fsp3) is 0.400. The predicted molar refractivity (Wildman–Crippen MR) is 78.9 cm³/mol. The quantitative estimate of drug-likeness (QED) is 0.911. The highest BCUT2D eigenvalue weighted by Gasteiger charge is 2.11. The first-order valence-electron chi connectivity index (χ1n) is 6.51. The van der Waals surface area contributed by atoms with Crippen molar-refractivity contribution in [1.82, 2.24) is 10.5 Å². The van der Waals surface area contributed by atoms with Crippen LogP contribution in [0.1, 0.15) is 32.2 Å². The molecule has 1 aromatic carbocycles. The topological polar surface area (TPSA) is 47.3 Å². The summed E-state index contributed by atoms with van der Waals surface area (Å²) in [7, 11) is 0. The SMILES string of the molecule is CC(C)(C)NCc1cc(COc2ccccc2Cl)on1. The van der Waals surface area contributed by atoms with Gasteiger partial charge in [-0.3, -0.25) is 0 Å². The summed E-state index contributed by atoms with van der Waals surface area (Å²) in [5, 5.41) is 7.94. The van der Waals surface area contributed by atoms with Gasteiger partial charge in [-0.25, -0.2) is 0 Å². The lowest BCUT2D eigenvalue weighted by molar-refractivity contribution is 0.248. The molecule has 1 heterocycles. The second kappa shape index (κ2) is 6.29. The average Bonchev–Trinajstić information content (AvgIpc) is 2.83. The monoisotopic (exact) mass is 294 g/mol. The highest BCUT2D eigenvalue weighted by molar-refractivity contribution is 6.32. The molecule has 0 aliphatic heterocycles. The molecule has 4 nitrogen and oxygen atoms in total. The van der Waals surface area contributed by atoms with Gasteiger partial charge in [-0.05, 0) is 32.9 Å². The smallest absolute Gasteiger partial charge is 0.174 e. The van der Waals surface area contributed by atoms with Gasteiger partial charge in [-0.15, -0.1) is 0 Å². The van der Waals surface area contributed by atoms with E-state index in [0.717, 1.165) is 5.69 Å². The molecule has 0 fully saturated rings. The van der Waals surface area contributed by atoms with Crippen LogP contribution in [0.25, 0.3) is 0 Å². The van der Waals surface area contributed by atoms with Crippen LogP contribution in [-0.2, 0) is 13.2 Å². The van der Waals surface area contributed by atoms with Crippen LogP contribution in [0.2, 0.25) is 5.02 Å². The second-order valence-corrected chi connectivity index (χ2v) is 6.01. The zero-order valence-corrected chi connectivity index (χ0v) is 12.7. The van der Waals surface area contributed by atoms with Crippen LogP contribution >= 0.6 is 11.6 Å². The molecule has 20 heavy (non-hydrogen) atoms. The highest BCUT2D eigenvalue weighted by atomic mass is 35.5. The van der Waals surface area contributed by atoms with E-state index in [4.69, 9.17) is 20.9 Å². The molecule has 5 heteroatoms. The van der Waals surface area contributed by atoms with Crippen molar-refractivity contribution in [3.05, 3.63) is 46.8 Å². The number of nitrogens with zero attached hydrogens (tertiary/aromatic N) is 1. The van der Waals surface area contributed by atoms with E-state index in [1.165, 1.54) is 0 Å². The predicted octanol–water partition coefficient (Wildman–Crippen LogP) is 3.80. The maximum absolute atomic E-state index is 6.01. The van der Waals surface area contributed by atoms with E-state index in [2.05, 4.69) is 31.2 Å². The molecule has 2 aromatic rings. The van der Waals surface area contributed by atoms with Crippen molar-refractivity contribution < 1.29 is 9.26 Å². The van der Waals surface area contributed by atoms with Crippen molar-refractivity contribution >= 4 is 11.6 Å². The van der Waals surface area contributed by atoms with E-state index in [1.54, 1.807) is 6.07 Å². The summed E-state index contributed by atoms with van der Waals surface area (Å²) >= 11 is 6.01. The summed E-state index contributed by atoms with van der Waals surface area (Å²) in [5.74, 6) is 1.32. The third-order valence-corrected chi connectivity index (χ3v) is 2.93. The van der Waals surface area contributed by atoms with Gasteiger partial charge in [-0.2, -0.15) is 0 Å². The molecule has 0 saturated heterocycles. The molecule has 0 spiro atoms. The maximum Gasteiger partial charge on any atom is 0.174 e. The minimum Gasteiger partial charge on any atom is -0.484 e. The Labute approximate surface area is 124 Å². The first-order valence-corrected chi connectivity index (χ1v) is 6.89. The third-order valence-electron chi connectivity index (χ3n) is 2.61. The van der Waals surface area contributed by atoms with Crippen LogP contribution in [0.5, 0.6) is 5.75 Å². The van der Waals surface area contributed by atoms with Crippen molar-refractivity contribution in [2.24, 2.45) is 0 Å². The molecule has 0 bridgehead atoms. The van der Waals surface area contributed by atoms with Crippen molar-refractivity contribution in [2.75, 3.05) is 0 Å². The van der Waals surface area contributed by atoms with Gasteiger partial charge in [-0.1, -0.05) is 28.9 Å². The molecule has 2 rings (SSSR count). The Morgan fingerprint density at radius 3 is 2.75 bits per heavy atom. The number of nitrogens with one attached hydrogen (secondary N) is 1. The number of benzene rings is 1. The summed E-state index contributed by atoms with van der Waals surface area (Å²) in [6.45, 7) is 7.29. The first kappa shape index (κ1) is 14.9. The number of para-hydroxylation sites is 1. The van der Waals surface area contributed by atoms with Crippen molar-refractivity contribution in [3.63, 3.8) is 0 Å². The molecule has 0 atom stereocenters. The van der Waals surface area contributed by atoms with Gasteiger partial charge in [0.05, 0.1) is 10.7 Å². The van der Waals surface area contributed by atoms with E-state index in [1.807, 2.05) is 24.3 Å². The Morgan fingerprint density at radius 2 is 2.05 bits per heavy atom. The van der Waals surface area contributed by atoms with Crippen LogP contribution in [0.4, 0.5) is 0 Å². The van der Waals surface area contributed by atoms with E-state index in [9.17, 15) is 0 Å². The molecular formula is C15H19ClN2O2. The Balaban J connectivity index is 1.89. The van der Waals surface area contributed by atoms with Crippen LogP contribution in [0.15, 0.2) is 34.9 Å². The van der Waals surface area contributed by atoms with E-state index < -0.39 is 0 Å². The highest BCUT2D eigenvalue weighted by Crippen LogP contribution is 2.24. The van der Waals surface area contributed by atoms with Gasteiger partial charge in [0.25, 0.3) is 0 Å². The fourth-order valence-electron chi connectivity index (χ4n) is 1.57. The molecule has 0 saturated carbocycles. The Kier molecular flexibility index (Phi) is 4.68. The standard InChI is InChI=1S/C15H19ClN2O2/c1-15(2,3)17-9-11-8-12(20-18-11)10-19-14-7-5-4-6-13(14)16/h4-8,17H,9-10H2,1-3H3. The Morgan fingerprint density at radius 1 is 1.30 bits per heavy atom. The molecule has 1 aromatic heterocycles. The molecule has 108 valence electrons. The summed E-state index contributed by atoms with van der Waals surface area (Å²) in [5.41, 5.74) is 0.908. The van der Waals surface area contributed by atoms with E-state index >= 15 is 0 Å². The summed E-state index contributed by atoms with van der Waals surface area (Å²) in [6.07, 6.45) is 0. The summed E-state index contributed by atoms with van der Waals surface area (Å²) < 4.78 is 10.8. The number of hydrogen-bond acceptors (Lipinski definition) is 4. The van der Waals surface area contributed by atoms with Gasteiger partial charge >= 0.3 is 0 Å². The lowest BCUT2D eigenvalue weighted by Gasteiger charge is -2.19. The molecule has 1 N–H and O–H groups in total. The minimum atomic E-state index is 0.0488. The van der Waals surface area contributed by atoms with Gasteiger partial charge in [0.2, 0.25) is 0 Å². The number of hydrogen-bond donors (Lipinski definition) is 1. The van der Waals surface area contributed by atoms with E-state index in [-0.39, 0.29) is 5.54 Å². The van der Waals surface area contributed by atoms with E-state index in [0.29, 0.717) is 29.7 Å². The number of halogens is 1. The summed E-state index contributed by atoms with van der Waals surface area (Å²) in [4.78, 5) is 0. The Bertz CT molecular complexity index is 561. The lowest BCUT2D eigenvalue weighted by atomic mass is 10.1. The molecule has 0 unspecified atom stereocenters. The second-order valence-electron chi connectivity index (χ2n) is 5.61. The average molecular weight is 295 g/mol. The van der Waals surface area contributed by atoms with Crippen LogP contribution in [0, 0.1) is 0 Å². The molecular weight excluding hydrogens is 276 g/mol. The zero-order chi connectivity index (χ0) is 14.6. The van der Waals surface area contributed by atoms with Gasteiger partial charge in [0.1, 0.15) is 12.4 Å². The molecule has 0 amide bonds. The molecule has 0 aliphatic rings.